The fourth-order valence-electron chi connectivity index (χ4n) is 2.81. The van der Waals surface area contributed by atoms with Crippen LogP contribution in [0.25, 0.3) is 11.1 Å². The first kappa shape index (κ1) is 18.3. The molecule has 0 heterocycles. The molecule has 0 bridgehead atoms. The Morgan fingerprint density at radius 1 is 1.08 bits per heavy atom. The normalized spacial score (nSPS) is 11.6. The fraction of sp³-hybridized carbons (Fsp3) is 0.333. The molecule has 0 aliphatic rings. The molecule has 0 spiro atoms. The molecule has 2 aromatic carbocycles. The molecule has 0 saturated heterocycles. The van der Waals surface area contributed by atoms with Crippen LogP contribution < -0.4 is 0 Å². The van der Waals surface area contributed by atoms with Crippen molar-refractivity contribution >= 4 is 10.1 Å². The zero-order valence-corrected chi connectivity index (χ0v) is 14.6. The van der Waals surface area contributed by atoms with Crippen LogP contribution in [0.1, 0.15) is 37.3 Å². The van der Waals surface area contributed by atoms with Crippen LogP contribution in [0.5, 0.6) is 11.5 Å². The molecular weight excluding hydrogens is 328 g/mol. The number of hydrogen-bond donors (Lipinski definition) is 3. The monoisotopic (exact) mass is 350 g/mol. The standard InChI is InChI=1S/C18H22O5S/c1-3-4-5-8-14-11-15(19)16(13-9-6-7-12(2)10-13)17(20)18(14)24(21,22)23/h6-7,9-11,19-20H,3-5,8H2,1-2H3,(H,21,22,23). The highest BCUT2D eigenvalue weighted by Crippen LogP contribution is 2.44. The number of phenolic OH excluding ortho intramolecular Hbond substituents is 2. The van der Waals surface area contributed by atoms with Gasteiger partial charge in [0.1, 0.15) is 16.4 Å². The summed E-state index contributed by atoms with van der Waals surface area (Å²) in [5.41, 5.74) is 1.60. The third-order valence-corrected chi connectivity index (χ3v) is 4.90. The van der Waals surface area contributed by atoms with Gasteiger partial charge in [0, 0.05) is 0 Å². The minimum atomic E-state index is -4.62. The maximum atomic E-state index is 11.8. The maximum absolute atomic E-state index is 11.8. The minimum absolute atomic E-state index is 0.00515. The lowest BCUT2D eigenvalue weighted by Gasteiger charge is -2.15. The summed E-state index contributed by atoms with van der Waals surface area (Å²) in [5.74, 6) is -0.827. The number of aryl methyl sites for hydroxylation is 2. The summed E-state index contributed by atoms with van der Waals surface area (Å²) in [7, 11) is -4.62. The van der Waals surface area contributed by atoms with Gasteiger partial charge in [-0.1, -0.05) is 49.6 Å². The van der Waals surface area contributed by atoms with Crippen LogP contribution in [0.4, 0.5) is 0 Å². The third-order valence-electron chi connectivity index (χ3n) is 3.92. The molecule has 0 aliphatic heterocycles. The second-order valence-electron chi connectivity index (χ2n) is 5.91. The Morgan fingerprint density at radius 2 is 1.79 bits per heavy atom. The smallest absolute Gasteiger partial charge is 0.298 e. The molecule has 0 atom stereocenters. The van der Waals surface area contributed by atoms with E-state index in [4.69, 9.17) is 0 Å². The van der Waals surface area contributed by atoms with Crippen molar-refractivity contribution in [2.45, 2.75) is 44.4 Å². The minimum Gasteiger partial charge on any atom is -0.507 e. The first-order chi connectivity index (χ1) is 11.3. The SMILES string of the molecule is CCCCCc1cc(O)c(-c2cccc(C)c2)c(O)c1S(=O)(=O)O. The average Bonchev–Trinajstić information content (AvgIpc) is 2.45. The molecule has 5 nitrogen and oxygen atoms in total. The van der Waals surface area contributed by atoms with Gasteiger partial charge in [-0.25, -0.2) is 0 Å². The molecule has 2 aromatic rings. The van der Waals surface area contributed by atoms with Crippen LogP contribution in [0.3, 0.4) is 0 Å². The van der Waals surface area contributed by atoms with Crippen LogP contribution in [0.15, 0.2) is 35.2 Å². The summed E-state index contributed by atoms with van der Waals surface area (Å²) < 4.78 is 33.1. The summed E-state index contributed by atoms with van der Waals surface area (Å²) >= 11 is 0. The number of rotatable bonds is 6. The van der Waals surface area contributed by atoms with E-state index in [1.54, 1.807) is 18.2 Å². The highest BCUT2D eigenvalue weighted by atomic mass is 32.2. The van der Waals surface area contributed by atoms with E-state index in [0.29, 0.717) is 18.4 Å². The molecule has 0 saturated carbocycles. The van der Waals surface area contributed by atoms with E-state index in [2.05, 4.69) is 0 Å². The predicted octanol–water partition coefficient (Wildman–Crippen LogP) is 4.05. The van der Waals surface area contributed by atoms with Crippen molar-refractivity contribution in [3.8, 4) is 22.6 Å². The Kier molecular flexibility index (Phi) is 5.51. The van der Waals surface area contributed by atoms with Gasteiger partial charge in [0.15, 0.2) is 0 Å². The Bertz CT molecular complexity index is 841. The number of aromatic hydroxyl groups is 2. The van der Waals surface area contributed by atoms with E-state index in [0.717, 1.165) is 18.4 Å². The van der Waals surface area contributed by atoms with Gasteiger partial charge in [0.05, 0.1) is 5.56 Å². The fourth-order valence-corrected chi connectivity index (χ4v) is 3.65. The van der Waals surface area contributed by atoms with Crippen molar-refractivity contribution in [3.63, 3.8) is 0 Å². The van der Waals surface area contributed by atoms with Crippen molar-refractivity contribution in [1.82, 2.24) is 0 Å². The lowest BCUT2D eigenvalue weighted by atomic mass is 9.97. The summed E-state index contributed by atoms with van der Waals surface area (Å²) in [6.45, 7) is 3.86. The van der Waals surface area contributed by atoms with Gasteiger partial charge < -0.3 is 10.2 Å². The molecule has 130 valence electrons. The van der Waals surface area contributed by atoms with Crippen molar-refractivity contribution in [1.29, 1.82) is 0 Å². The van der Waals surface area contributed by atoms with Gasteiger partial charge in [-0.3, -0.25) is 4.55 Å². The number of unbranched alkanes of at least 4 members (excludes halogenated alkanes) is 2. The molecule has 0 unspecified atom stereocenters. The first-order valence-electron chi connectivity index (χ1n) is 7.88. The van der Waals surface area contributed by atoms with Gasteiger partial charge in [0.25, 0.3) is 10.1 Å². The quantitative estimate of drug-likeness (QED) is 0.539. The number of phenols is 2. The molecule has 0 amide bonds. The van der Waals surface area contributed by atoms with Gasteiger partial charge in [-0.2, -0.15) is 8.42 Å². The molecule has 3 N–H and O–H groups in total. The summed E-state index contributed by atoms with van der Waals surface area (Å²) in [6.07, 6.45) is 2.87. The second kappa shape index (κ2) is 7.23. The first-order valence-corrected chi connectivity index (χ1v) is 9.32. The highest BCUT2D eigenvalue weighted by molar-refractivity contribution is 7.86. The highest BCUT2D eigenvalue weighted by Gasteiger charge is 2.26. The van der Waals surface area contributed by atoms with E-state index in [9.17, 15) is 23.2 Å². The second-order valence-corrected chi connectivity index (χ2v) is 7.27. The molecule has 0 aromatic heterocycles. The van der Waals surface area contributed by atoms with Gasteiger partial charge in [-0.15, -0.1) is 0 Å². The van der Waals surface area contributed by atoms with Gasteiger partial charge >= 0.3 is 0 Å². The van der Waals surface area contributed by atoms with E-state index in [1.807, 2.05) is 19.9 Å². The Balaban J connectivity index is 2.67. The molecule has 24 heavy (non-hydrogen) atoms. The summed E-state index contributed by atoms with van der Waals surface area (Å²) in [6, 6.07) is 8.29. The number of benzene rings is 2. The Hall–Kier alpha value is -2.05. The molecule has 6 heteroatoms. The van der Waals surface area contributed by atoms with Crippen LogP contribution in [-0.2, 0) is 16.5 Å². The zero-order valence-electron chi connectivity index (χ0n) is 13.8. The average molecular weight is 350 g/mol. The predicted molar refractivity (Wildman–Crippen MR) is 93.0 cm³/mol. The maximum Gasteiger partial charge on any atom is 0.298 e. The van der Waals surface area contributed by atoms with Gasteiger partial charge in [0.2, 0.25) is 0 Å². The summed E-state index contributed by atoms with van der Waals surface area (Å²) in [5, 5.41) is 20.8. The number of hydrogen-bond acceptors (Lipinski definition) is 4. The molecule has 0 radical (unpaired) electrons. The Labute approximate surface area is 142 Å². The van der Waals surface area contributed by atoms with Gasteiger partial charge in [-0.05, 0) is 37.0 Å². The lowest BCUT2D eigenvalue weighted by Crippen LogP contribution is -2.05. The van der Waals surface area contributed by atoms with Crippen molar-refractivity contribution < 1.29 is 23.2 Å². The zero-order chi connectivity index (χ0) is 17.9. The lowest BCUT2D eigenvalue weighted by molar-refractivity contribution is 0.430. The molecule has 2 rings (SSSR count). The largest absolute Gasteiger partial charge is 0.507 e. The van der Waals surface area contributed by atoms with Crippen LogP contribution in [-0.4, -0.2) is 23.2 Å². The van der Waals surface area contributed by atoms with Crippen molar-refractivity contribution in [2.24, 2.45) is 0 Å². The topological polar surface area (TPSA) is 94.8 Å². The van der Waals surface area contributed by atoms with E-state index in [1.165, 1.54) is 6.07 Å². The Morgan fingerprint density at radius 3 is 2.38 bits per heavy atom. The molecule has 0 fully saturated rings. The molecule has 0 aliphatic carbocycles. The van der Waals surface area contributed by atoms with E-state index in [-0.39, 0.29) is 16.9 Å². The van der Waals surface area contributed by atoms with Crippen LogP contribution >= 0.6 is 0 Å². The van der Waals surface area contributed by atoms with Crippen molar-refractivity contribution in [3.05, 3.63) is 41.5 Å². The molecular formula is C18H22O5S. The van der Waals surface area contributed by atoms with E-state index >= 15 is 0 Å². The third kappa shape index (κ3) is 3.88. The van der Waals surface area contributed by atoms with Crippen molar-refractivity contribution in [2.75, 3.05) is 0 Å². The van der Waals surface area contributed by atoms with Crippen LogP contribution in [0, 0.1) is 6.92 Å². The van der Waals surface area contributed by atoms with Crippen LogP contribution in [0.2, 0.25) is 0 Å². The summed E-state index contributed by atoms with van der Waals surface area (Å²) in [4.78, 5) is -0.520. The van der Waals surface area contributed by atoms with E-state index < -0.39 is 20.8 Å².